The number of benzene rings is 8. The number of hydrogen-bond donors (Lipinski definition) is 0. The Morgan fingerprint density at radius 2 is 1.14 bits per heavy atom. The van der Waals surface area contributed by atoms with Crippen LogP contribution in [-0.2, 0) is 10.8 Å². The average molecular weight is 747 g/mol. The summed E-state index contributed by atoms with van der Waals surface area (Å²) < 4.78 is 4.88. The van der Waals surface area contributed by atoms with Gasteiger partial charge < -0.3 is 4.57 Å². The van der Waals surface area contributed by atoms with Crippen LogP contribution < -0.4 is 0 Å². The molecule has 0 radical (unpaired) electrons. The van der Waals surface area contributed by atoms with Crippen molar-refractivity contribution in [3.8, 4) is 22.9 Å². The Labute approximate surface area is 337 Å². The fraction of sp³-hybridized carbons (Fsp3) is 0.148. The zero-order valence-corrected chi connectivity index (χ0v) is 33.2. The van der Waals surface area contributed by atoms with E-state index < -0.39 is 0 Å². The maximum Gasteiger partial charge on any atom is 0.235 e. The molecule has 8 aromatic carbocycles. The molecule has 3 heterocycles. The number of aromatic nitrogens is 4. The van der Waals surface area contributed by atoms with Crippen LogP contribution in [0.2, 0.25) is 0 Å². The predicted molar refractivity (Wildman–Crippen MR) is 244 cm³/mol. The van der Waals surface area contributed by atoms with E-state index in [0.717, 1.165) is 39.6 Å². The van der Waals surface area contributed by atoms with Crippen molar-refractivity contribution in [3.05, 3.63) is 169 Å². The minimum Gasteiger partial charge on any atom is -0.309 e. The summed E-state index contributed by atoms with van der Waals surface area (Å²) in [5, 5.41) is 10.8. The van der Waals surface area contributed by atoms with Gasteiger partial charge in [0.25, 0.3) is 0 Å². The third kappa shape index (κ3) is 4.69. The lowest BCUT2D eigenvalue weighted by Crippen LogP contribution is -2.34. The Kier molecular flexibility index (Phi) is 6.83. The van der Waals surface area contributed by atoms with Crippen LogP contribution in [0.3, 0.4) is 0 Å². The van der Waals surface area contributed by atoms with Crippen molar-refractivity contribution >= 4 is 76.1 Å². The van der Waals surface area contributed by atoms with Gasteiger partial charge in [-0.1, -0.05) is 143 Å². The Hall–Kier alpha value is -6.78. The van der Waals surface area contributed by atoms with Crippen molar-refractivity contribution in [1.29, 1.82) is 0 Å². The molecule has 12 rings (SSSR count). The van der Waals surface area contributed by atoms with Gasteiger partial charge >= 0.3 is 0 Å². The van der Waals surface area contributed by atoms with Gasteiger partial charge in [0.05, 0.1) is 33.3 Å². The molecule has 0 N–H and O–H groups in total. The molecular formula is C54H42N4. The van der Waals surface area contributed by atoms with Gasteiger partial charge in [0, 0.05) is 38.2 Å². The third-order valence-electron chi connectivity index (χ3n) is 13.3. The van der Waals surface area contributed by atoms with Crippen molar-refractivity contribution in [1.82, 2.24) is 19.1 Å². The minimum absolute atomic E-state index is 0.0148. The first-order valence-electron chi connectivity index (χ1n) is 20.6. The highest BCUT2D eigenvalue weighted by Gasteiger charge is 2.39. The second kappa shape index (κ2) is 11.9. The molecule has 4 nitrogen and oxygen atoms in total. The third-order valence-corrected chi connectivity index (χ3v) is 13.3. The summed E-state index contributed by atoms with van der Waals surface area (Å²) in [6, 6.07) is 57.6. The molecule has 3 aromatic heterocycles. The number of fused-ring (bicyclic) bond motifs is 12. The summed E-state index contributed by atoms with van der Waals surface area (Å²) in [6.45, 7) is 9.74. The summed E-state index contributed by atoms with van der Waals surface area (Å²) in [6.07, 6.45) is 2.31. The van der Waals surface area contributed by atoms with E-state index in [0.29, 0.717) is 5.95 Å². The maximum atomic E-state index is 5.54. The van der Waals surface area contributed by atoms with Gasteiger partial charge in [-0.25, -0.2) is 9.97 Å². The van der Waals surface area contributed by atoms with Gasteiger partial charge in [-0.15, -0.1) is 0 Å². The molecule has 58 heavy (non-hydrogen) atoms. The lowest BCUT2D eigenvalue weighted by Gasteiger charge is -2.42. The standard InChI is InChI=1S/C54H42N4/c1-53(2)28-29-54(3,4)49-43(53)26-25-39-41-31-47-42(32-46(41)57(51(39)49)37-17-6-5-7-18-37)48-38-19-11-10-15-34(38)24-27-45(48)58(47)52-55-44-21-13-12-20-40(44)50(56-52)36-23-22-33-14-8-9-16-35(33)30-36/h5-27,30-32H,28-29H2,1-4H3. The van der Waals surface area contributed by atoms with Crippen molar-refractivity contribution in [2.24, 2.45) is 0 Å². The van der Waals surface area contributed by atoms with E-state index >= 15 is 0 Å². The Bertz CT molecular complexity index is 3510. The highest BCUT2D eigenvalue weighted by Crippen LogP contribution is 2.51. The molecule has 0 atom stereocenters. The van der Waals surface area contributed by atoms with Gasteiger partial charge in [-0.3, -0.25) is 4.57 Å². The molecule has 0 bridgehead atoms. The van der Waals surface area contributed by atoms with Crippen molar-refractivity contribution in [2.75, 3.05) is 0 Å². The molecule has 0 saturated carbocycles. The number of para-hydroxylation sites is 2. The second-order valence-corrected chi connectivity index (χ2v) is 17.7. The Morgan fingerprint density at radius 3 is 1.98 bits per heavy atom. The van der Waals surface area contributed by atoms with Crippen LogP contribution in [0.4, 0.5) is 0 Å². The molecule has 11 aromatic rings. The molecule has 0 fully saturated rings. The normalized spacial score (nSPS) is 15.0. The Morgan fingerprint density at radius 1 is 0.466 bits per heavy atom. The maximum absolute atomic E-state index is 5.54. The summed E-state index contributed by atoms with van der Waals surface area (Å²) >= 11 is 0. The topological polar surface area (TPSA) is 35.6 Å². The molecule has 1 aliphatic rings. The second-order valence-electron chi connectivity index (χ2n) is 17.7. The van der Waals surface area contributed by atoms with E-state index in [1.165, 1.54) is 77.4 Å². The zero-order valence-electron chi connectivity index (χ0n) is 33.2. The van der Waals surface area contributed by atoms with E-state index in [1.54, 1.807) is 0 Å². The molecule has 0 amide bonds. The zero-order chi connectivity index (χ0) is 38.9. The number of hydrogen-bond acceptors (Lipinski definition) is 2. The monoisotopic (exact) mass is 746 g/mol. The largest absolute Gasteiger partial charge is 0.309 e. The van der Waals surface area contributed by atoms with Crippen molar-refractivity contribution in [2.45, 2.75) is 51.4 Å². The first kappa shape index (κ1) is 33.4. The van der Waals surface area contributed by atoms with E-state index in [4.69, 9.17) is 9.97 Å². The lowest BCUT2D eigenvalue weighted by molar-refractivity contribution is 0.334. The van der Waals surface area contributed by atoms with E-state index in [-0.39, 0.29) is 10.8 Å². The molecule has 1 aliphatic carbocycles. The van der Waals surface area contributed by atoms with Gasteiger partial charge in [-0.05, 0) is 98.8 Å². The quantitative estimate of drug-likeness (QED) is 0.180. The van der Waals surface area contributed by atoms with Crippen molar-refractivity contribution < 1.29 is 0 Å². The first-order valence-corrected chi connectivity index (χ1v) is 20.6. The molecule has 0 saturated heterocycles. The molecule has 0 unspecified atom stereocenters. The van der Waals surface area contributed by atoms with Crippen LogP contribution >= 0.6 is 0 Å². The SMILES string of the molecule is CC1(C)CCC(C)(C)c2c1ccc1c3cc4c(cc3n(-c3ccccc3)c21)c1c2ccccc2ccc1n4-c1nc(-c2ccc3ccccc3c2)c2ccccc2n1. The van der Waals surface area contributed by atoms with Crippen LogP contribution in [0.15, 0.2) is 158 Å². The molecular weight excluding hydrogens is 705 g/mol. The predicted octanol–water partition coefficient (Wildman–Crippen LogP) is 14.1. The first-order chi connectivity index (χ1) is 28.2. The van der Waals surface area contributed by atoms with E-state index in [1.807, 2.05) is 0 Å². The highest BCUT2D eigenvalue weighted by molar-refractivity contribution is 6.25. The fourth-order valence-electron chi connectivity index (χ4n) is 10.3. The summed E-state index contributed by atoms with van der Waals surface area (Å²) in [7, 11) is 0. The van der Waals surface area contributed by atoms with Crippen LogP contribution in [0.5, 0.6) is 0 Å². The number of rotatable bonds is 3. The van der Waals surface area contributed by atoms with Gasteiger partial charge in [0.2, 0.25) is 5.95 Å². The smallest absolute Gasteiger partial charge is 0.235 e. The number of nitrogens with zero attached hydrogens (tertiary/aromatic N) is 4. The van der Waals surface area contributed by atoms with E-state index in [2.05, 4.69) is 195 Å². The van der Waals surface area contributed by atoms with Gasteiger partial charge in [-0.2, -0.15) is 0 Å². The van der Waals surface area contributed by atoms with Crippen LogP contribution in [0.25, 0.3) is 99.0 Å². The van der Waals surface area contributed by atoms with Crippen LogP contribution in [0, 0.1) is 0 Å². The van der Waals surface area contributed by atoms with Gasteiger partial charge in [0.1, 0.15) is 0 Å². The van der Waals surface area contributed by atoms with E-state index in [9.17, 15) is 0 Å². The summed E-state index contributed by atoms with van der Waals surface area (Å²) in [4.78, 5) is 10.9. The van der Waals surface area contributed by atoms with Gasteiger partial charge in [0.15, 0.2) is 0 Å². The lowest BCUT2D eigenvalue weighted by atomic mass is 9.62. The Balaban J connectivity index is 1.25. The highest BCUT2D eigenvalue weighted by atomic mass is 15.2. The molecule has 0 spiro atoms. The average Bonchev–Trinajstić information content (AvgIpc) is 3.76. The van der Waals surface area contributed by atoms with Crippen LogP contribution in [0.1, 0.15) is 51.7 Å². The fourth-order valence-corrected chi connectivity index (χ4v) is 10.3. The molecule has 4 heteroatoms. The minimum atomic E-state index is 0.0148. The molecule has 278 valence electrons. The van der Waals surface area contributed by atoms with Crippen LogP contribution in [-0.4, -0.2) is 19.1 Å². The summed E-state index contributed by atoms with van der Waals surface area (Å²) in [5.74, 6) is 0.670. The summed E-state index contributed by atoms with van der Waals surface area (Å²) in [5.41, 5.74) is 11.9. The molecule has 0 aliphatic heterocycles. The van der Waals surface area contributed by atoms with Crippen molar-refractivity contribution in [3.63, 3.8) is 0 Å².